The predicted octanol–water partition coefficient (Wildman–Crippen LogP) is 0.318. The van der Waals surface area contributed by atoms with Crippen LogP contribution >= 0.6 is 0 Å². The van der Waals surface area contributed by atoms with Gasteiger partial charge in [-0.1, -0.05) is 12.1 Å². The molecule has 0 spiro atoms. The molecule has 3 aliphatic rings. The molecule has 8 nitrogen and oxygen atoms in total. The Morgan fingerprint density at radius 1 is 1.14 bits per heavy atom. The van der Waals surface area contributed by atoms with Gasteiger partial charge < -0.3 is 10.6 Å². The maximum atomic E-state index is 13.1. The van der Waals surface area contributed by atoms with E-state index >= 15 is 0 Å². The molecule has 0 aliphatic carbocycles. The third-order valence-corrected chi connectivity index (χ3v) is 5.87. The summed E-state index contributed by atoms with van der Waals surface area (Å²) in [5, 5.41) is 9.14. The zero-order valence-electron chi connectivity index (χ0n) is 15.8. The van der Waals surface area contributed by atoms with E-state index in [0.29, 0.717) is 29.8 Å². The Balaban J connectivity index is 1.56. The van der Waals surface area contributed by atoms with E-state index in [1.807, 2.05) is 6.07 Å². The number of fused-ring (bicyclic) bond motifs is 1. The Labute approximate surface area is 163 Å². The van der Waals surface area contributed by atoms with Crippen molar-refractivity contribution in [3.8, 4) is 0 Å². The average Bonchev–Trinajstić information content (AvgIpc) is 2.93. The number of rotatable bonds is 4. The van der Waals surface area contributed by atoms with E-state index < -0.39 is 23.8 Å². The van der Waals surface area contributed by atoms with Crippen LogP contribution in [0.15, 0.2) is 18.2 Å². The minimum Gasteiger partial charge on any atom is -0.313 e. The second-order valence-corrected chi connectivity index (χ2v) is 7.66. The largest absolute Gasteiger partial charge is 0.313 e. The molecule has 0 saturated carbocycles. The predicted molar refractivity (Wildman–Crippen MR) is 100 cm³/mol. The molecule has 3 atom stereocenters. The van der Waals surface area contributed by atoms with Gasteiger partial charge in [-0.05, 0) is 44.4 Å². The van der Waals surface area contributed by atoms with E-state index in [2.05, 4.69) is 22.9 Å². The molecule has 4 amide bonds. The van der Waals surface area contributed by atoms with Crippen molar-refractivity contribution in [2.24, 2.45) is 0 Å². The van der Waals surface area contributed by atoms with E-state index in [9.17, 15) is 19.2 Å². The highest BCUT2D eigenvalue weighted by molar-refractivity contribution is 6.24. The number of imide groups is 2. The average molecular weight is 384 g/mol. The van der Waals surface area contributed by atoms with Gasteiger partial charge in [-0.3, -0.25) is 29.4 Å². The van der Waals surface area contributed by atoms with Crippen molar-refractivity contribution in [3.63, 3.8) is 0 Å². The molecule has 2 fully saturated rings. The highest BCUT2D eigenvalue weighted by Crippen LogP contribution is 2.30. The number of piperidine rings is 2. The lowest BCUT2D eigenvalue weighted by molar-refractivity contribution is -0.136. The number of nitrogens with zero attached hydrogens (tertiary/aromatic N) is 1. The summed E-state index contributed by atoms with van der Waals surface area (Å²) in [5.41, 5.74) is 1.44. The fourth-order valence-corrected chi connectivity index (χ4v) is 4.30. The first-order chi connectivity index (χ1) is 13.5. The van der Waals surface area contributed by atoms with E-state index in [-0.39, 0.29) is 18.7 Å². The summed E-state index contributed by atoms with van der Waals surface area (Å²) in [4.78, 5) is 50.5. The summed E-state index contributed by atoms with van der Waals surface area (Å²) >= 11 is 0. The van der Waals surface area contributed by atoms with Crippen LogP contribution in [0.4, 0.5) is 0 Å². The third-order valence-electron chi connectivity index (χ3n) is 5.87. The number of hydrogen-bond acceptors (Lipinski definition) is 6. The first-order valence-electron chi connectivity index (χ1n) is 9.77. The third kappa shape index (κ3) is 3.22. The number of hydrogen-bond donors (Lipinski definition) is 3. The van der Waals surface area contributed by atoms with Crippen LogP contribution in [-0.2, 0) is 16.1 Å². The Kier molecular flexibility index (Phi) is 4.99. The molecule has 0 aromatic heterocycles. The molecule has 3 heterocycles. The quantitative estimate of drug-likeness (QED) is 0.646. The van der Waals surface area contributed by atoms with Crippen molar-refractivity contribution in [2.45, 2.75) is 57.3 Å². The molecule has 3 N–H and O–H groups in total. The molecule has 1 aromatic rings. The van der Waals surface area contributed by atoms with Gasteiger partial charge in [0, 0.05) is 25.0 Å². The van der Waals surface area contributed by atoms with Crippen molar-refractivity contribution in [3.05, 3.63) is 34.9 Å². The minimum absolute atomic E-state index is 0.116. The molecular weight excluding hydrogens is 360 g/mol. The van der Waals surface area contributed by atoms with E-state index in [0.717, 1.165) is 29.8 Å². The van der Waals surface area contributed by atoms with E-state index in [1.54, 1.807) is 12.1 Å². The summed E-state index contributed by atoms with van der Waals surface area (Å²) < 4.78 is 0. The number of nitrogens with one attached hydrogen (secondary N) is 3. The molecule has 3 aliphatic heterocycles. The Bertz CT molecular complexity index is 853. The molecule has 0 radical (unpaired) electrons. The van der Waals surface area contributed by atoms with Crippen molar-refractivity contribution in [1.29, 1.82) is 0 Å². The van der Waals surface area contributed by atoms with Crippen LogP contribution in [0.3, 0.4) is 0 Å². The first kappa shape index (κ1) is 18.8. The zero-order valence-corrected chi connectivity index (χ0v) is 15.8. The van der Waals surface area contributed by atoms with Crippen LogP contribution in [0.1, 0.15) is 58.9 Å². The van der Waals surface area contributed by atoms with E-state index in [1.165, 1.54) is 0 Å². The standard InChI is InChI=1S/C20H24N4O4/c1-11-14(6-3-9-21-11)22-10-12-4-2-5-13-17(12)20(28)24(19(13)27)15-7-8-16(25)23-18(15)26/h2,4-5,11,14-15,21-22H,3,6-10H2,1H3,(H,23,25,26). The topological polar surface area (TPSA) is 108 Å². The van der Waals surface area contributed by atoms with Crippen LogP contribution in [0.5, 0.6) is 0 Å². The van der Waals surface area contributed by atoms with Gasteiger partial charge in [0.2, 0.25) is 11.8 Å². The van der Waals surface area contributed by atoms with Crippen LogP contribution in [-0.4, -0.2) is 53.2 Å². The maximum absolute atomic E-state index is 13.1. The molecule has 3 unspecified atom stereocenters. The first-order valence-corrected chi connectivity index (χ1v) is 9.77. The Morgan fingerprint density at radius 3 is 2.71 bits per heavy atom. The van der Waals surface area contributed by atoms with Gasteiger partial charge in [0.1, 0.15) is 6.04 Å². The van der Waals surface area contributed by atoms with Gasteiger partial charge in [-0.15, -0.1) is 0 Å². The van der Waals surface area contributed by atoms with Crippen LogP contribution < -0.4 is 16.0 Å². The van der Waals surface area contributed by atoms with Crippen molar-refractivity contribution in [1.82, 2.24) is 20.9 Å². The Hall–Kier alpha value is -2.58. The SMILES string of the molecule is CC1NCCCC1NCc1cccc2c1C(=O)N(C1CCC(=O)NC1=O)C2=O. The van der Waals surface area contributed by atoms with Crippen molar-refractivity contribution in [2.75, 3.05) is 6.54 Å². The summed E-state index contributed by atoms with van der Waals surface area (Å²) in [6, 6.07) is 4.92. The second kappa shape index (κ2) is 7.44. The maximum Gasteiger partial charge on any atom is 0.262 e. The molecule has 28 heavy (non-hydrogen) atoms. The molecule has 148 valence electrons. The van der Waals surface area contributed by atoms with Gasteiger partial charge >= 0.3 is 0 Å². The molecule has 2 saturated heterocycles. The second-order valence-electron chi connectivity index (χ2n) is 7.66. The normalized spacial score (nSPS) is 27.8. The van der Waals surface area contributed by atoms with Crippen molar-refractivity contribution >= 4 is 23.6 Å². The Morgan fingerprint density at radius 2 is 1.96 bits per heavy atom. The molecule has 4 rings (SSSR count). The van der Waals surface area contributed by atoms with Gasteiger partial charge in [-0.2, -0.15) is 0 Å². The van der Waals surface area contributed by atoms with Crippen LogP contribution in [0.25, 0.3) is 0 Å². The lowest BCUT2D eigenvalue weighted by Gasteiger charge is -2.31. The number of carbonyl (C=O) groups is 4. The molecule has 8 heteroatoms. The summed E-state index contributed by atoms with van der Waals surface area (Å²) in [6.07, 6.45) is 2.42. The van der Waals surface area contributed by atoms with E-state index in [4.69, 9.17) is 0 Å². The highest BCUT2D eigenvalue weighted by atomic mass is 16.2. The molecular formula is C20H24N4O4. The highest BCUT2D eigenvalue weighted by Gasteiger charge is 2.45. The van der Waals surface area contributed by atoms with Crippen LogP contribution in [0.2, 0.25) is 0 Å². The number of amides is 4. The monoisotopic (exact) mass is 384 g/mol. The number of benzene rings is 1. The minimum atomic E-state index is -0.937. The summed E-state index contributed by atoms with van der Waals surface area (Å²) in [5.74, 6) is -1.89. The fraction of sp³-hybridized carbons (Fsp3) is 0.500. The summed E-state index contributed by atoms with van der Waals surface area (Å²) in [6.45, 7) is 3.61. The molecule has 1 aromatic carbocycles. The number of carbonyl (C=O) groups excluding carboxylic acids is 4. The lowest BCUT2D eigenvalue weighted by atomic mass is 9.98. The lowest BCUT2D eigenvalue weighted by Crippen LogP contribution is -2.54. The smallest absolute Gasteiger partial charge is 0.262 e. The molecule has 0 bridgehead atoms. The zero-order chi connectivity index (χ0) is 19.8. The van der Waals surface area contributed by atoms with Gasteiger partial charge in [-0.25, -0.2) is 0 Å². The van der Waals surface area contributed by atoms with Gasteiger partial charge in [0.05, 0.1) is 11.1 Å². The van der Waals surface area contributed by atoms with Gasteiger partial charge in [0.25, 0.3) is 11.8 Å². The summed E-state index contributed by atoms with van der Waals surface area (Å²) in [7, 11) is 0. The van der Waals surface area contributed by atoms with Gasteiger partial charge in [0.15, 0.2) is 0 Å². The van der Waals surface area contributed by atoms with Crippen molar-refractivity contribution < 1.29 is 19.2 Å². The van der Waals surface area contributed by atoms with Crippen LogP contribution in [0, 0.1) is 0 Å². The fourth-order valence-electron chi connectivity index (χ4n) is 4.30.